The first kappa shape index (κ1) is 22.1. The molecule has 0 amide bonds. The lowest BCUT2D eigenvalue weighted by Gasteiger charge is -2.10. The summed E-state index contributed by atoms with van der Waals surface area (Å²) in [6.07, 6.45) is -1.37. The summed E-state index contributed by atoms with van der Waals surface area (Å²) in [5.41, 5.74) is 0.683. The van der Waals surface area contributed by atoms with E-state index in [1.54, 1.807) is 32.2 Å². The number of carbonyl (C=O) groups is 2. The predicted molar refractivity (Wildman–Crippen MR) is 120 cm³/mol. The first-order valence-corrected chi connectivity index (χ1v) is 10.3. The Morgan fingerprint density at radius 3 is 2.52 bits per heavy atom. The molecule has 11 heteroatoms. The fourth-order valence-electron chi connectivity index (χ4n) is 4.02. The Labute approximate surface area is 187 Å². The molecule has 3 heterocycles. The molecule has 0 aliphatic rings. The number of aromatic nitrogens is 5. The molecule has 0 saturated carbocycles. The molecule has 172 valence electrons. The van der Waals surface area contributed by atoms with Crippen LogP contribution in [-0.2, 0) is 36.6 Å². The van der Waals surface area contributed by atoms with Gasteiger partial charge in [0.1, 0.15) is 12.2 Å². The summed E-state index contributed by atoms with van der Waals surface area (Å²) >= 11 is 0. The quantitative estimate of drug-likeness (QED) is 0.452. The van der Waals surface area contributed by atoms with E-state index in [2.05, 4.69) is 4.98 Å². The third-order valence-corrected chi connectivity index (χ3v) is 5.61. The summed E-state index contributed by atoms with van der Waals surface area (Å²) in [7, 11) is 3.05. The summed E-state index contributed by atoms with van der Waals surface area (Å²) in [5.74, 6) is -0.217. The van der Waals surface area contributed by atoms with Crippen LogP contribution in [0.1, 0.15) is 24.0 Å². The van der Waals surface area contributed by atoms with Crippen LogP contribution >= 0.6 is 0 Å². The average Bonchev–Trinajstić information content (AvgIpc) is 3.27. The van der Waals surface area contributed by atoms with Crippen molar-refractivity contribution in [2.24, 2.45) is 14.1 Å². The van der Waals surface area contributed by atoms with Crippen molar-refractivity contribution in [3.05, 3.63) is 62.2 Å². The second-order valence-corrected chi connectivity index (χ2v) is 7.79. The zero-order chi connectivity index (χ0) is 24.0. The highest BCUT2D eigenvalue weighted by Gasteiger charge is 2.22. The second kappa shape index (κ2) is 8.08. The Morgan fingerprint density at radius 1 is 1.12 bits per heavy atom. The van der Waals surface area contributed by atoms with Crippen LogP contribution in [-0.4, -0.2) is 47.0 Å². The van der Waals surface area contributed by atoms with Crippen LogP contribution in [0, 0.1) is 6.92 Å². The van der Waals surface area contributed by atoms with Crippen molar-refractivity contribution in [1.29, 1.82) is 0 Å². The molecule has 4 aromatic rings. The minimum absolute atomic E-state index is 0.130. The Hall–Kier alpha value is -4.15. The van der Waals surface area contributed by atoms with Gasteiger partial charge in [0, 0.05) is 19.5 Å². The van der Waals surface area contributed by atoms with Gasteiger partial charge in [-0.15, -0.1) is 0 Å². The normalized spacial score (nSPS) is 11.4. The summed E-state index contributed by atoms with van der Waals surface area (Å²) < 4.78 is 9.67. The number of benzene rings is 1. The van der Waals surface area contributed by atoms with Crippen molar-refractivity contribution in [2.75, 3.05) is 6.61 Å². The van der Waals surface area contributed by atoms with Gasteiger partial charge in [-0.1, -0.05) is 11.6 Å². The zero-order valence-corrected chi connectivity index (χ0v) is 18.7. The average molecular weight is 453 g/mol. The molecular weight excluding hydrogens is 430 g/mol. The topological polar surface area (TPSA) is 130 Å². The van der Waals surface area contributed by atoms with Gasteiger partial charge in [-0.25, -0.2) is 19.1 Å². The molecule has 0 fully saturated rings. The van der Waals surface area contributed by atoms with Crippen molar-refractivity contribution in [2.45, 2.75) is 26.8 Å². The van der Waals surface area contributed by atoms with E-state index in [9.17, 15) is 24.3 Å². The number of hydrogen-bond donors (Lipinski definition) is 1. The monoisotopic (exact) mass is 453 g/mol. The summed E-state index contributed by atoms with van der Waals surface area (Å²) in [5, 5.41) is 10.5. The van der Waals surface area contributed by atoms with Gasteiger partial charge in [-0.05, 0) is 32.0 Å². The second-order valence-electron chi connectivity index (χ2n) is 7.79. The smallest absolute Gasteiger partial charge is 0.416 e. The van der Waals surface area contributed by atoms with Gasteiger partial charge in [0.25, 0.3) is 5.56 Å². The van der Waals surface area contributed by atoms with Crippen LogP contribution in [0.25, 0.3) is 22.1 Å². The molecule has 0 spiro atoms. The number of imidazole rings is 1. The van der Waals surface area contributed by atoms with Gasteiger partial charge < -0.3 is 14.4 Å². The van der Waals surface area contributed by atoms with Crippen molar-refractivity contribution in [3.63, 3.8) is 0 Å². The highest BCUT2D eigenvalue weighted by molar-refractivity contribution is 5.90. The van der Waals surface area contributed by atoms with E-state index >= 15 is 0 Å². The molecule has 1 N–H and O–H groups in total. The highest BCUT2D eigenvalue weighted by atomic mass is 16.5. The fraction of sp³-hybridized carbons (Fsp3) is 0.318. The Balaban J connectivity index is 1.89. The molecule has 4 rings (SSSR count). The first-order chi connectivity index (χ1) is 15.6. The lowest BCUT2D eigenvalue weighted by molar-refractivity contribution is -0.142. The highest BCUT2D eigenvalue weighted by Crippen LogP contribution is 2.22. The predicted octanol–water partition coefficient (Wildman–Crippen LogP) is 1.38. The molecule has 0 aliphatic heterocycles. The number of esters is 1. The molecule has 11 nitrogen and oxygen atoms in total. The minimum atomic E-state index is -1.22. The van der Waals surface area contributed by atoms with E-state index < -0.39 is 23.3 Å². The van der Waals surface area contributed by atoms with Crippen LogP contribution in [0.4, 0.5) is 4.79 Å². The maximum atomic E-state index is 13.3. The van der Waals surface area contributed by atoms with Crippen LogP contribution in [0.5, 0.6) is 0 Å². The van der Waals surface area contributed by atoms with Crippen LogP contribution in [0.15, 0.2) is 33.9 Å². The van der Waals surface area contributed by atoms with E-state index in [1.165, 1.54) is 16.2 Å². The molecule has 0 aliphatic carbocycles. The maximum absolute atomic E-state index is 13.3. The third kappa shape index (κ3) is 3.60. The van der Waals surface area contributed by atoms with Crippen molar-refractivity contribution >= 4 is 34.1 Å². The van der Waals surface area contributed by atoms with E-state index in [4.69, 9.17) is 4.74 Å². The van der Waals surface area contributed by atoms with E-state index in [1.807, 2.05) is 13.0 Å². The van der Waals surface area contributed by atoms with Crippen LogP contribution in [0.2, 0.25) is 0 Å². The van der Waals surface area contributed by atoms with Crippen LogP contribution < -0.4 is 11.2 Å². The van der Waals surface area contributed by atoms with E-state index in [0.29, 0.717) is 10.9 Å². The van der Waals surface area contributed by atoms with Gasteiger partial charge in [-0.2, -0.15) is 0 Å². The SMILES string of the molecule is CCOC(=O)Cc1nc2c(c(=O)n(Cc3cc4cc(C)ccc4n3C(=O)O)c(=O)n2C)n1C. The van der Waals surface area contributed by atoms with Gasteiger partial charge >= 0.3 is 17.8 Å². The number of carbonyl (C=O) groups excluding carboxylic acids is 1. The molecule has 33 heavy (non-hydrogen) atoms. The Bertz CT molecular complexity index is 1550. The molecule has 0 unspecified atom stereocenters. The minimum Gasteiger partial charge on any atom is -0.466 e. The lowest BCUT2D eigenvalue weighted by atomic mass is 10.2. The lowest BCUT2D eigenvalue weighted by Crippen LogP contribution is -2.40. The number of rotatable bonds is 5. The third-order valence-electron chi connectivity index (χ3n) is 5.61. The van der Waals surface area contributed by atoms with Gasteiger partial charge in [0.05, 0.1) is 24.4 Å². The number of fused-ring (bicyclic) bond motifs is 2. The number of ether oxygens (including phenoxy) is 1. The first-order valence-electron chi connectivity index (χ1n) is 10.3. The summed E-state index contributed by atoms with van der Waals surface area (Å²) in [6.45, 7) is 3.54. The molecular formula is C22H23N5O6. The number of carboxylic acid groups (broad SMARTS) is 1. The Morgan fingerprint density at radius 2 is 1.85 bits per heavy atom. The zero-order valence-electron chi connectivity index (χ0n) is 18.7. The molecule has 0 radical (unpaired) electrons. The van der Waals surface area contributed by atoms with Crippen molar-refractivity contribution < 1.29 is 19.4 Å². The largest absolute Gasteiger partial charge is 0.466 e. The van der Waals surface area contributed by atoms with Crippen molar-refractivity contribution in [3.8, 4) is 0 Å². The van der Waals surface area contributed by atoms with Gasteiger partial charge in [0.15, 0.2) is 11.2 Å². The number of hydrogen-bond acceptors (Lipinski definition) is 6. The summed E-state index contributed by atoms with van der Waals surface area (Å²) in [4.78, 5) is 54.5. The van der Waals surface area contributed by atoms with E-state index in [0.717, 1.165) is 14.7 Å². The molecule has 1 aromatic carbocycles. The van der Waals surface area contributed by atoms with Gasteiger partial charge in [0.2, 0.25) is 0 Å². The molecule has 0 atom stereocenters. The standard InChI is InChI=1S/C22H23N5O6/c1-5-33-17(28)10-16-23-19-18(24(16)3)20(29)26(21(30)25(19)4)11-14-9-13-8-12(2)6-7-15(13)27(14)22(31)32/h6-9H,5,10-11H2,1-4H3,(H,31,32). The van der Waals surface area contributed by atoms with Gasteiger partial charge in [-0.3, -0.25) is 18.7 Å². The fourth-order valence-corrected chi connectivity index (χ4v) is 4.02. The molecule has 0 saturated heterocycles. The molecule has 0 bridgehead atoms. The number of aryl methyl sites for hydroxylation is 3. The van der Waals surface area contributed by atoms with Crippen molar-refractivity contribution in [1.82, 2.24) is 23.3 Å². The number of nitrogens with zero attached hydrogens (tertiary/aromatic N) is 5. The Kier molecular flexibility index (Phi) is 5.40. The maximum Gasteiger partial charge on any atom is 0.416 e. The molecule has 3 aromatic heterocycles. The van der Waals surface area contributed by atoms with E-state index in [-0.39, 0.29) is 42.3 Å². The summed E-state index contributed by atoms with van der Waals surface area (Å²) in [6, 6.07) is 6.98. The van der Waals surface area contributed by atoms with Crippen LogP contribution in [0.3, 0.4) is 0 Å².